The average Bonchev–Trinajstić information content (AvgIpc) is 2.15. The summed E-state index contributed by atoms with van der Waals surface area (Å²) in [5, 5.41) is -0.401. The Bertz CT molecular complexity index is 442. The van der Waals surface area contributed by atoms with Crippen molar-refractivity contribution < 1.29 is 13.2 Å². The van der Waals surface area contributed by atoms with Gasteiger partial charge < -0.3 is 4.74 Å². The van der Waals surface area contributed by atoms with E-state index in [9.17, 15) is 8.42 Å². The predicted molar refractivity (Wildman–Crippen MR) is 66.0 cm³/mol. The van der Waals surface area contributed by atoms with Gasteiger partial charge in [-0.25, -0.2) is 8.42 Å². The summed E-state index contributed by atoms with van der Waals surface area (Å²) in [6, 6.07) is 7.46. The average molecular weight is 263 g/mol. The Kier molecular flexibility index (Phi) is 4.62. The van der Waals surface area contributed by atoms with Crippen molar-refractivity contribution in [3.63, 3.8) is 0 Å². The van der Waals surface area contributed by atoms with Crippen molar-refractivity contribution >= 4 is 21.4 Å². The van der Waals surface area contributed by atoms with Gasteiger partial charge in [0.15, 0.2) is 0 Å². The number of methoxy groups -OCH3 is 1. The Morgan fingerprint density at radius 1 is 1.44 bits per heavy atom. The third-order valence-electron chi connectivity index (χ3n) is 2.07. The molecule has 3 nitrogen and oxygen atoms in total. The Balaban J connectivity index is 2.65. The maximum atomic E-state index is 11.0. The van der Waals surface area contributed by atoms with E-state index in [2.05, 4.69) is 0 Å². The summed E-state index contributed by atoms with van der Waals surface area (Å²) < 4.78 is 27.2. The molecular weight excluding hydrogens is 248 g/mol. The lowest BCUT2D eigenvalue weighted by Crippen LogP contribution is -2.17. The van der Waals surface area contributed by atoms with Crippen LogP contribution < -0.4 is 4.74 Å². The highest BCUT2D eigenvalue weighted by atomic mass is 35.5. The van der Waals surface area contributed by atoms with E-state index in [-0.39, 0.29) is 5.75 Å². The third-order valence-corrected chi connectivity index (χ3v) is 3.57. The van der Waals surface area contributed by atoms with Crippen LogP contribution in [-0.4, -0.2) is 32.9 Å². The molecule has 0 heterocycles. The van der Waals surface area contributed by atoms with Gasteiger partial charge in [0.1, 0.15) is 15.6 Å². The third kappa shape index (κ3) is 4.86. The van der Waals surface area contributed by atoms with E-state index in [1.165, 1.54) is 6.26 Å². The molecule has 90 valence electrons. The molecule has 16 heavy (non-hydrogen) atoms. The first-order chi connectivity index (χ1) is 7.40. The highest BCUT2D eigenvalue weighted by Gasteiger charge is 2.13. The molecule has 0 aromatic heterocycles. The van der Waals surface area contributed by atoms with Gasteiger partial charge in [-0.2, -0.15) is 0 Å². The Morgan fingerprint density at radius 3 is 2.69 bits per heavy atom. The fourth-order valence-corrected chi connectivity index (χ4v) is 3.08. The van der Waals surface area contributed by atoms with E-state index in [1.54, 1.807) is 7.11 Å². The van der Waals surface area contributed by atoms with E-state index < -0.39 is 15.2 Å². The molecule has 1 atom stereocenters. The van der Waals surface area contributed by atoms with Crippen molar-refractivity contribution in [2.24, 2.45) is 0 Å². The summed E-state index contributed by atoms with van der Waals surface area (Å²) in [5.74, 6) is 0.742. The van der Waals surface area contributed by atoms with E-state index >= 15 is 0 Å². The zero-order valence-electron chi connectivity index (χ0n) is 9.31. The molecule has 1 aromatic carbocycles. The summed E-state index contributed by atoms with van der Waals surface area (Å²) in [6.45, 7) is 0. The molecule has 1 aromatic rings. The van der Waals surface area contributed by atoms with Crippen molar-refractivity contribution in [3.8, 4) is 5.75 Å². The van der Waals surface area contributed by atoms with Crippen LogP contribution >= 0.6 is 11.6 Å². The zero-order chi connectivity index (χ0) is 12.2. The topological polar surface area (TPSA) is 43.4 Å². The highest BCUT2D eigenvalue weighted by molar-refractivity contribution is 7.90. The summed E-state index contributed by atoms with van der Waals surface area (Å²) in [4.78, 5) is 0. The van der Waals surface area contributed by atoms with Crippen LogP contribution in [0.15, 0.2) is 24.3 Å². The SMILES string of the molecule is COc1cccc(CC(Cl)CS(C)(=O)=O)c1. The van der Waals surface area contributed by atoms with Crippen molar-refractivity contribution in [1.82, 2.24) is 0 Å². The van der Waals surface area contributed by atoms with E-state index in [0.717, 1.165) is 11.3 Å². The minimum atomic E-state index is -3.02. The summed E-state index contributed by atoms with van der Waals surface area (Å²) >= 11 is 5.98. The maximum Gasteiger partial charge on any atom is 0.148 e. The van der Waals surface area contributed by atoms with Crippen LogP contribution in [0.2, 0.25) is 0 Å². The molecule has 0 aliphatic carbocycles. The number of hydrogen-bond acceptors (Lipinski definition) is 3. The monoisotopic (exact) mass is 262 g/mol. The molecule has 0 saturated heterocycles. The number of sulfone groups is 1. The molecule has 0 spiro atoms. The number of hydrogen-bond donors (Lipinski definition) is 0. The number of ether oxygens (including phenoxy) is 1. The Hall–Kier alpha value is -0.740. The lowest BCUT2D eigenvalue weighted by molar-refractivity contribution is 0.414. The highest BCUT2D eigenvalue weighted by Crippen LogP contribution is 2.16. The van der Waals surface area contributed by atoms with Gasteiger partial charge in [0, 0.05) is 6.26 Å². The predicted octanol–water partition coefficient (Wildman–Crippen LogP) is 1.89. The van der Waals surface area contributed by atoms with E-state index in [1.807, 2.05) is 24.3 Å². The van der Waals surface area contributed by atoms with E-state index in [4.69, 9.17) is 16.3 Å². The second-order valence-corrected chi connectivity index (χ2v) is 6.55. The van der Waals surface area contributed by atoms with Gasteiger partial charge >= 0.3 is 0 Å². The van der Waals surface area contributed by atoms with Crippen LogP contribution in [0.3, 0.4) is 0 Å². The van der Waals surface area contributed by atoms with E-state index in [0.29, 0.717) is 6.42 Å². The van der Waals surface area contributed by atoms with Crippen LogP contribution in [0.4, 0.5) is 0 Å². The molecule has 0 bridgehead atoms. The lowest BCUT2D eigenvalue weighted by Gasteiger charge is -2.09. The molecule has 5 heteroatoms. The minimum Gasteiger partial charge on any atom is -0.497 e. The summed E-state index contributed by atoms with van der Waals surface area (Å²) in [5.41, 5.74) is 0.975. The molecule has 0 radical (unpaired) electrons. The second-order valence-electron chi connectivity index (χ2n) is 3.75. The first-order valence-electron chi connectivity index (χ1n) is 4.85. The Labute approximate surface area is 101 Å². The minimum absolute atomic E-state index is 0.00817. The molecular formula is C11H15ClO3S. The van der Waals surface area contributed by atoms with Gasteiger partial charge in [-0.05, 0) is 24.1 Å². The van der Waals surface area contributed by atoms with Gasteiger partial charge in [0.25, 0.3) is 0 Å². The van der Waals surface area contributed by atoms with Gasteiger partial charge in [-0.15, -0.1) is 11.6 Å². The van der Waals surface area contributed by atoms with Crippen molar-refractivity contribution in [2.75, 3.05) is 19.1 Å². The zero-order valence-corrected chi connectivity index (χ0v) is 10.9. The smallest absolute Gasteiger partial charge is 0.148 e. The first kappa shape index (κ1) is 13.3. The fraction of sp³-hybridized carbons (Fsp3) is 0.455. The van der Waals surface area contributed by atoms with Crippen LogP contribution in [0, 0.1) is 0 Å². The largest absolute Gasteiger partial charge is 0.497 e. The fourth-order valence-electron chi connectivity index (χ4n) is 1.44. The molecule has 1 unspecified atom stereocenters. The molecule has 0 fully saturated rings. The van der Waals surface area contributed by atoms with Gasteiger partial charge in [-0.3, -0.25) is 0 Å². The first-order valence-corrected chi connectivity index (χ1v) is 7.35. The van der Waals surface area contributed by atoms with Crippen molar-refractivity contribution in [2.45, 2.75) is 11.8 Å². The maximum absolute atomic E-state index is 11.0. The standard InChI is InChI=1S/C11H15ClO3S/c1-15-11-5-3-4-9(7-11)6-10(12)8-16(2,13)14/h3-5,7,10H,6,8H2,1-2H3. The lowest BCUT2D eigenvalue weighted by atomic mass is 10.1. The molecule has 0 N–H and O–H groups in total. The van der Waals surface area contributed by atoms with Gasteiger partial charge in [-0.1, -0.05) is 12.1 Å². The quantitative estimate of drug-likeness (QED) is 0.761. The number of benzene rings is 1. The van der Waals surface area contributed by atoms with Crippen molar-refractivity contribution in [3.05, 3.63) is 29.8 Å². The number of alkyl halides is 1. The van der Waals surface area contributed by atoms with Gasteiger partial charge in [0.2, 0.25) is 0 Å². The van der Waals surface area contributed by atoms with Gasteiger partial charge in [0.05, 0.1) is 18.2 Å². The summed E-state index contributed by atoms with van der Waals surface area (Å²) in [6.07, 6.45) is 1.71. The van der Waals surface area contributed by atoms with Crippen LogP contribution in [-0.2, 0) is 16.3 Å². The molecule has 0 amide bonds. The second kappa shape index (κ2) is 5.55. The van der Waals surface area contributed by atoms with Crippen LogP contribution in [0.1, 0.15) is 5.56 Å². The van der Waals surface area contributed by atoms with Crippen molar-refractivity contribution in [1.29, 1.82) is 0 Å². The Morgan fingerprint density at radius 2 is 2.12 bits per heavy atom. The molecule has 0 saturated carbocycles. The summed E-state index contributed by atoms with van der Waals surface area (Å²) in [7, 11) is -1.43. The van der Waals surface area contributed by atoms with Crippen LogP contribution in [0.5, 0.6) is 5.75 Å². The molecule has 1 rings (SSSR count). The molecule has 0 aliphatic rings. The number of halogens is 1. The normalized spacial score (nSPS) is 13.4. The molecule has 0 aliphatic heterocycles. The number of rotatable bonds is 5. The van der Waals surface area contributed by atoms with Crippen LogP contribution in [0.25, 0.3) is 0 Å².